The molecule has 200 valence electrons. The van der Waals surface area contributed by atoms with E-state index >= 15 is 0 Å². The van der Waals surface area contributed by atoms with Gasteiger partial charge in [-0.1, -0.05) is 18.2 Å². The van der Waals surface area contributed by atoms with Crippen LogP contribution in [0.1, 0.15) is 6.42 Å². The van der Waals surface area contributed by atoms with Crippen LogP contribution in [0.2, 0.25) is 0 Å². The zero-order valence-electron chi connectivity index (χ0n) is 21.3. The molecule has 2 aromatic heterocycles. The summed E-state index contributed by atoms with van der Waals surface area (Å²) >= 11 is 0. The van der Waals surface area contributed by atoms with E-state index in [-0.39, 0.29) is 22.5 Å². The normalized spacial score (nSPS) is 14.2. The minimum Gasteiger partial charge on any atom is -0.504 e. The molecular weight excluding hydrogens is 498 g/mol. The van der Waals surface area contributed by atoms with E-state index in [4.69, 9.17) is 19.9 Å². The molecule has 0 bridgehead atoms. The molecule has 1 saturated heterocycles. The Bertz CT molecular complexity index is 1680. The minimum atomic E-state index is -0.348. The summed E-state index contributed by atoms with van der Waals surface area (Å²) in [6.07, 6.45) is 0.899. The number of aromatic amines is 1. The lowest BCUT2D eigenvalue weighted by atomic mass is 10.1. The maximum absolute atomic E-state index is 13.0. The molecule has 3 heterocycles. The molecule has 10 heteroatoms. The fourth-order valence-corrected chi connectivity index (χ4v) is 4.79. The molecule has 3 aromatic carbocycles. The van der Waals surface area contributed by atoms with Gasteiger partial charge in [-0.25, -0.2) is 4.68 Å². The number of nitrogens with one attached hydrogen (secondary N) is 1. The maximum atomic E-state index is 13.0. The predicted molar refractivity (Wildman–Crippen MR) is 149 cm³/mol. The van der Waals surface area contributed by atoms with Crippen LogP contribution >= 0.6 is 0 Å². The molecule has 0 atom stereocenters. The number of phenolic OH excluding ortho intramolecular Hbond substituents is 1. The zero-order chi connectivity index (χ0) is 26.8. The van der Waals surface area contributed by atoms with Crippen molar-refractivity contribution in [2.75, 3.05) is 45.2 Å². The number of hydrogen-bond donors (Lipinski definition) is 3. The molecule has 0 saturated carbocycles. The van der Waals surface area contributed by atoms with Crippen LogP contribution < -0.4 is 20.8 Å². The number of morpholine rings is 1. The molecule has 0 radical (unpaired) electrons. The number of ether oxygens (including phenoxy) is 3. The molecule has 0 amide bonds. The molecule has 4 N–H and O–H groups in total. The smallest absolute Gasteiger partial charge is 0.261 e. The van der Waals surface area contributed by atoms with Gasteiger partial charge in [0, 0.05) is 37.2 Å². The van der Waals surface area contributed by atoms with Crippen LogP contribution in [-0.4, -0.2) is 64.2 Å². The standard InChI is InChI=1S/C29H29N5O5/c30-28-26-27(32-34(28)19-7-10-25(24(35)17-19)39-20-5-2-1-3-6-20)22-9-8-21(18-23(22)31-29(26)36)38-14-4-11-33-12-15-37-16-13-33/h1-3,5-10,17-18,35H,4,11-16,30H2,(H,31,36). The summed E-state index contributed by atoms with van der Waals surface area (Å²) in [5.41, 5.74) is 7.60. The van der Waals surface area contributed by atoms with E-state index in [1.807, 2.05) is 36.4 Å². The summed E-state index contributed by atoms with van der Waals surface area (Å²) in [4.78, 5) is 18.3. The fraction of sp³-hybridized carbons (Fsp3) is 0.241. The third-order valence-electron chi connectivity index (χ3n) is 6.79. The second-order valence-electron chi connectivity index (χ2n) is 9.41. The molecule has 5 aromatic rings. The van der Waals surface area contributed by atoms with Gasteiger partial charge in [-0.2, -0.15) is 5.10 Å². The number of anilines is 1. The molecule has 0 unspecified atom stereocenters. The van der Waals surface area contributed by atoms with E-state index in [1.165, 1.54) is 10.7 Å². The number of aromatic nitrogens is 3. The van der Waals surface area contributed by atoms with E-state index in [2.05, 4.69) is 15.0 Å². The third kappa shape index (κ3) is 5.12. The molecule has 6 rings (SSSR count). The molecule has 0 aliphatic carbocycles. The van der Waals surface area contributed by atoms with Crippen LogP contribution in [0.5, 0.6) is 23.0 Å². The highest BCUT2D eigenvalue weighted by atomic mass is 16.5. The van der Waals surface area contributed by atoms with Crippen LogP contribution in [0.4, 0.5) is 5.82 Å². The zero-order valence-corrected chi connectivity index (χ0v) is 21.3. The summed E-state index contributed by atoms with van der Waals surface area (Å²) in [6.45, 7) is 5.00. The quantitative estimate of drug-likeness (QED) is 0.258. The van der Waals surface area contributed by atoms with Gasteiger partial charge in [-0.3, -0.25) is 9.69 Å². The molecule has 1 aliphatic heterocycles. The first kappa shape index (κ1) is 24.8. The van der Waals surface area contributed by atoms with Crippen molar-refractivity contribution >= 4 is 27.6 Å². The number of hydrogen-bond acceptors (Lipinski definition) is 8. The molecular formula is C29H29N5O5. The summed E-state index contributed by atoms with van der Waals surface area (Å²) in [5, 5.41) is 16.3. The van der Waals surface area contributed by atoms with Gasteiger partial charge < -0.3 is 30.0 Å². The van der Waals surface area contributed by atoms with Crippen molar-refractivity contribution in [2.24, 2.45) is 0 Å². The molecule has 1 aliphatic rings. The van der Waals surface area contributed by atoms with Crippen molar-refractivity contribution in [2.45, 2.75) is 6.42 Å². The monoisotopic (exact) mass is 527 g/mol. The van der Waals surface area contributed by atoms with Gasteiger partial charge in [0.1, 0.15) is 28.2 Å². The highest BCUT2D eigenvalue weighted by molar-refractivity contribution is 6.07. The summed E-state index contributed by atoms with van der Waals surface area (Å²) in [6, 6.07) is 19.6. The van der Waals surface area contributed by atoms with E-state index in [0.29, 0.717) is 40.6 Å². The minimum absolute atomic E-state index is 0.0792. The van der Waals surface area contributed by atoms with Crippen molar-refractivity contribution in [1.82, 2.24) is 19.7 Å². The first-order valence-electron chi connectivity index (χ1n) is 12.9. The van der Waals surface area contributed by atoms with Crippen LogP contribution in [0, 0.1) is 0 Å². The Morgan fingerprint density at radius 3 is 2.64 bits per heavy atom. The lowest BCUT2D eigenvalue weighted by Gasteiger charge is -2.26. The Labute approximate surface area is 224 Å². The van der Waals surface area contributed by atoms with Gasteiger partial charge in [0.2, 0.25) is 0 Å². The van der Waals surface area contributed by atoms with Gasteiger partial charge in [-0.15, -0.1) is 0 Å². The van der Waals surface area contributed by atoms with E-state index < -0.39 is 0 Å². The van der Waals surface area contributed by atoms with E-state index in [0.717, 1.165) is 44.7 Å². The Kier molecular flexibility index (Phi) is 6.78. The lowest BCUT2D eigenvalue weighted by Crippen LogP contribution is -2.37. The first-order chi connectivity index (χ1) is 19.1. The van der Waals surface area contributed by atoms with Crippen molar-refractivity contribution in [1.29, 1.82) is 0 Å². The maximum Gasteiger partial charge on any atom is 0.261 e. The van der Waals surface area contributed by atoms with Crippen molar-refractivity contribution in [3.05, 3.63) is 77.1 Å². The first-order valence-corrected chi connectivity index (χ1v) is 12.9. The van der Waals surface area contributed by atoms with Gasteiger partial charge in [0.25, 0.3) is 5.56 Å². The van der Waals surface area contributed by atoms with Gasteiger partial charge in [0.15, 0.2) is 11.5 Å². The Balaban J connectivity index is 1.24. The van der Waals surface area contributed by atoms with Gasteiger partial charge in [0.05, 0.1) is 31.0 Å². The van der Waals surface area contributed by atoms with Gasteiger partial charge >= 0.3 is 0 Å². The third-order valence-corrected chi connectivity index (χ3v) is 6.79. The van der Waals surface area contributed by atoms with Crippen LogP contribution in [0.3, 0.4) is 0 Å². The number of phenols is 1. The van der Waals surface area contributed by atoms with E-state index in [1.54, 1.807) is 24.3 Å². The Hall–Kier alpha value is -4.54. The average Bonchev–Trinajstić information content (AvgIpc) is 3.31. The second-order valence-corrected chi connectivity index (χ2v) is 9.41. The number of pyridine rings is 1. The number of rotatable bonds is 8. The largest absolute Gasteiger partial charge is 0.504 e. The van der Waals surface area contributed by atoms with Crippen LogP contribution in [-0.2, 0) is 4.74 Å². The van der Waals surface area contributed by atoms with Crippen molar-refractivity contribution in [3.63, 3.8) is 0 Å². The molecule has 10 nitrogen and oxygen atoms in total. The highest BCUT2D eigenvalue weighted by Gasteiger charge is 2.18. The number of fused-ring (bicyclic) bond motifs is 3. The number of para-hydroxylation sites is 1. The molecule has 39 heavy (non-hydrogen) atoms. The number of aromatic hydroxyl groups is 1. The number of nitrogens with two attached hydrogens (primary N) is 1. The SMILES string of the molecule is Nc1c2c(=O)[nH]c3cc(OCCCN4CCOCC4)ccc3c2nn1-c1ccc(Oc2ccccc2)c(O)c1. The van der Waals surface area contributed by atoms with Crippen molar-refractivity contribution < 1.29 is 19.3 Å². The summed E-state index contributed by atoms with van der Waals surface area (Å²) in [7, 11) is 0. The van der Waals surface area contributed by atoms with Crippen LogP contribution in [0.25, 0.3) is 27.5 Å². The molecule has 1 fully saturated rings. The van der Waals surface area contributed by atoms with Crippen LogP contribution in [0.15, 0.2) is 71.5 Å². The Morgan fingerprint density at radius 2 is 1.85 bits per heavy atom. The Morgan fingerprint density at radius 1 is 1.03 bits per heavy atom. The topological polar surface area (TPSA) is 128 Å². The molecule has 0 spiro atoms. The van der Waals surface area contributed by atoms with E-state index in [9.17, 15) is 9.90 Å². The lowest BCUT2D eigenvalue weighted by molar-refractivity contribution is 0.0358. The number of nitrogen functional groups attached to an aromatic ring is 1. The second kappa shape index (κ2) is 10.7. The number of nitrogens with zero attached hydrogens (tertiary/aromatic N) is 3. The number of H-pyrrole nitrogens is 1. The van der Waals surface area contributed by atoms with Crippen molar-refractivity contribution in [3.8, 4) is 28.7 Å². The fourth-order valence-electron chi connectivity index (χ4n) is 4.79. The number of benzene rings is 3. The average molecular weight is 528 g/mol. The summed E-state index contributed by atoms with van der Waals surface area (Å²) < 4.78 is 18.5. The highest BCUT2D eigenvalue weighted by Crippen LogP contribution is 2.34. The van der Waals surface area contributed by atoms with Gasteiger partial charge in [-0.05, 0) is 42.8 Å². The summed E-state index contributed by atoms with van der Waals surface area (Å²) in [5.74, 6) is 1.66. The predicted octanol–water partition coefficient (Wildman–Crippen LogP) is 4.05.